The van der Waals surface area contributed by atoms with E-state index >= 15 is 0 Å². The highest BCUT2D eigenvalue weighted by Gasteiger charge is 2.21. The fraction of sp³-hybridized carbons (Fsp3) is 0.136. The lowest BCUT2D eigenvalue weighted by atomic mass is 10.1. The Hall–Kier alpha value is -3.67. The molecule has 0 saturated carbocycles. The molecule has 0 aliphatic heterocycles. The third-order valence-corrected chi connectivity index (χ3v) is 4.19. The fourth-order valence-corrected chi connectivity index (χ4v) is 2.78. The monoisotopic (exact) mass is 376 g/mol. The van der Waals surface area contributed by atoms with Gasteiger partial charge in [0.05, 0.1) is 4.92 Å². The molecule has 0 fully saturated rings. The summed E-state index contributed by atoms with van der Waals surface area (Å²) >= 11 is 0. The second kappa shape index (κ2) is 9.32. The van der Waals surface area contributed by atoms with Crippen molar-refractivity contribution in [2.24, 2.45) is 0 Å². The van der Waals surface area contributed by atoms with E-state index in [0.717, 1.165) is 11.1 Å². The van der Waals surface area contributed by atoms with E-state index in [1.165, 1.54) is 12.1 Å². The van der Waals surface area contributed by atoms with Crippen LogP contribution in [0.1, 0.15) is 11.1 Å². The van der Waals surface area contributed by atoms with Crippen molar-refractivity contribution in [3.63, 3.8) is 0 Å². The van der Waals surface area contributed by atoms with Crippen molar-refractivity contribution >= 4 is 17.3 Å². The Morgan fingerprint density at radius 3 is 2.21 bits per heavy atom. The first-order chi connectivity index (χ1) is 13.6. The molecule has 0 radical (unpaired) electrons. The quantitative estimate of drug-likeness (QED) is 0.359. The van der Waals surface area contributed by atoms with E-state index in [1.54, 1.807) is 12.1 Å². The Labute approximate surface area is 162 Å². The number of esters is 1. The van der Waals surface area contributed by atoms with Gasteiger partial charge >= 0.3 is 5.97 Å². The number of nitrogens with one attached hydrogen (secondary N) is 1. The lowest BCUT2D eigenvalue weighted by Gasteiger charge is -2.19. The summed E-state index contributed by atoms with van der Waals surface area (Å²) in [7, 11) is 0. The molecule has 6 heteroatoms. The SMILES string of the molecule is O=C(OCc1ccccc1)C(Cc1ccccc1)Nc1cccc([N+](=O)[O-])c1. The number of nitro groups is 1. The predicted molar refractivity (Wildman–Crippen MR) is 107 cm³/mol. The van der Waals surface area contributed by atoms with Gasteiger partial charge in [0.1, 0.15) is 12.6 Å². The molecule has 1 atom stereocenters. The van der Waals surface area contributed by atoms with Crippen LogP contribution in [0.5, 0.6) is 0 Å². The Morgan fingerprint density at radius 1 is 0.929 bits per heavy atom. The molecule has 0 aliphatic carbocycles. The molecule has 28 heavy (non-hydrogen) atoms. The van der Waals surface area contributed by atoms with Crippen molar-refractivity contribution < 1.29 is 14.5 Å². The number of hydrogen-bond donors (Lipinski definition) is 1. The fourth-order valence-electron chi connectivity index (χ4n) is 2.78. The Balaban J connectivity index is 1.75. The smallest absolute Gasteiger partial charge is 0.329 e. The van der Waals surface area contributed by atoms with E-state index in [1.807, 2.05) is 60.7 Å². The standard InChI is InChI=1S/C22H20N2O4/c25-22(28-16-18-10-5-2-6-11-18)21(14-17-8-3-1-4-9-17)23-19-12-7-13-20(15-19)24(26)27/h1-13,15,21,23H,14,16H2. The number of benzene rings is 3. The molecule has 1 N–H and O–H groups in total. The molecule has 3 aromatic rings. The maximum absolute atomic E-state index is 12.7. The minimum absolute atomic E-state index is 0.0406. The van der Waals surface area contributed by atoms with Crippen LogP contribution in [0.15, 0.2) is 84.9 Å². The van der Waals surface area contributed by atoms with E-state index in [-0.39, 0.29) is 12.3 Å². The minimum atomic E-state index is -0.673. The number of hydrogen-bond acceptors (Lipinski definition) is 5. The molecule has 6 nitrogen and oxygen atoms in total. The van der Waals surface area contributed by atoms with Crippen LogP contribution in [0.3, 0.4) is 0 Å². The minimum Gasteiger partial charge on any atom is -0.459 e. The number of rotatable bonds is 8. The third kappa shape index (κ3) is 5.41. The summed E-state index contributed by atoms with van der Waals surface area (Å²) in [5, 5.41) is 14.1. The zero-order chi connectivity index (χ0) is 19.8. The van der Waals surface area contributed by atoms with Gasteiger partial charge in [-0.1, -0.05) is 66.7 Å². The van der Waals surface area contributed by atoms with Gasteiger partial charge in [-0.25, -0.2) is 4.79 Å². The van der Waals surface area contributed by atoms with Crippen LogP contribution in [0, 0.1) is 10.1 Å². The number of nitro benzene ring substituents is 1. The number of anilines is 1. The zero-order valence-corrected chi connectivity index (χ0v) is 15.2. The van der Waals surface area contributed by atoms with Crippen molar-refractivity contribution in [1.82, 2.24) is 0 Å². The molecule has 0 heterocycles. The molecule has 0 saturated heterocycles. The second-order valence-electron chi connectivity index (χ2n) is 6.29. The van der Waals surface area contributed by atoms with Crippen LogP contribution in [0.25, 0.3) is 0 Å². The molecule has 0 aliphatic rings. The number of carbonyl (C=O) groups excluding carboxylic acids is 1. The van der Waals surface area contributed by atoms with Crippen molar-refractivity contribution in [2.45, 2.75) is 19.1 Å². The summed E-state index contributed by atoms with van der Waals surface area (Å²) < 4.78 is 5.48. The Kier molecular flexibility index (Phi) is 6.36. The summed E-state index contributed by atoms with van der Waals surface area (Å²) in [6.07, 6.45) is 0.400. The van der Waals surface area contributed by atoms with E-state index in [0.29, 0.717) is 12.1 Å². The van der Waals surface area contributed by atoms with Crippen LogP contribution < -0.4 is 5.32 Å². The third-order valence-electron chi connectivity index (χ3n) is 4.19. The van der Waals surface area contributed by atoms with E-state index in [9.17, 15) is 14.9 Å². The Bertz CT molecular complexity index is 930. The van der Waals surface area contributed by atoms with Crippen molar-refractivity contribution in [3.8, 4) is 0 Å². The molecule has 0 spiro atoms. The summed E-state index contributed by atoms with van der Waals surface area (Å²) in [6.45, 7) is 0.168. The largest absolute Gasteiger partial charge is 0.459 e. The van der Waals surface area contributed by atoms with Crippen LogP contribution in [-0.2, 0) is 22.6 Å². The van der Waals surface area contributed by atoms with Crippen molar-refractivity contribution in [3.05, 3.63) is 106 Å². The maximum atomic E-state index is 12.7. The molecule has 0 amide bonds. The highest BCUT2D eigenvalue weighted by Crippen LogP contribution is 2.19. The summed E-state index contributed by atoms with van der Waals surface area (Å²) in [5.41, 5.74) is 2.31. The van der Waals surface area contributed by atoms with Gasteiger partial charge < -0.3 is 10.1 Å². The van der Waals surface area contributed by atoms with E-state index < -0.39 is 16.9 Å². The lowest BCUT2D eigenvalue weighted by molar-refractivity contribution is -0.384. The van der Waals surface area contributed by atoms with Crippen LogP contribution in [0.2, 0.25) is 0 Å². The maximum Gasteiger partial charge on any atom is 0.329 e. The van der Waals surface area contributed by atoms with Crippen LogP contribution in [0.4, 0.5) is 11.4 Å². The first-order valence-corrected chi connectivity index (χ1v) is 8.87. The number of carbonyl (C=O) groups is 1. The highest BCUT2D eigenvalue weighted by atomic mass is 16.6. The molecule has 142 valence electrons. The van der Waals surface area contributed by atoms with Crippen molar-refractivity contribution in [1.29, 1.82) is 0 Å². The predicted octanol–water partition coefficient (Wildman–Crippen LogP) is 4.36. The molecule has 3 rings (SSSR count). The molecule has 1 unspecified atom stereocenters. The van der Waals surface area contributed by atoms with E-state index in [2.05, 4.69) is 5.32 Å². The van der Waals surface area contributed by atoms with Gasteiger partial charge in [0.15, 0.2) is 0 Å². The first-order valence-electron chi connectivity index (χ1n) is 8.87. The normalized spacial score (nSPS) is 11.4. The molecular formula is C22H20N2O4. The molecule has 0 aromatic heterocycles. The van der Waals surface area contributed by atoms with Crippen LogP contribution in [-0.4, -0.2) is 16.9 Å². The number of nitrogens with zero attached hydrogens (tertiary/aromatic N) is 1. The molecule has 0 bridgehead atoms. The summed E-state index contributed by atoms with van der Waals surface area (Å²) in [5.74, 6) is -0.417. The first kappa shape index (κ1) is 19.1. The second-order valence-corrected chi connectivity index (χ2v) is 6.29. The molecule has 3 aromatic carbocycles. The highest BCUT2D eigenvalue weighted by molar-refractivity contribution is 5.80. The zero-order valence-electron chi connectivity index (χ0n) is 15.2. The van der Waals surface area contributed by atoms with Gasteiger partial charge in [-0.05, 0) is 17.2 Å². The van der Waals surface area contributed by atoms with E-state index in [4.69, 9.17) is 4.74 Å². The van der Waals surface area contributed by atoms with Gasteiger partial charge in [-0.3, -0.25) is 10.1 Å². The van der Waals surface area contributed by atoms with Crippen LogP contribution >= 0.6 is 0 Å². The van der Waals surface area contributed by atoms with Gasteiger partial charge in [0, 0.05) is 24.2 Å². The summed E-state index contributed by atoms with van der Waals surface area (Å²) in [4.78, 5) is 23.3. The average molecular weight is 376 g/mol. The van der Waals surface area contributed by atoms with Gasteiger partial charge in [0.25, 0.3) is 5.69 Å². The molecular weight excluding hydrogens is 356 g/mol. The Morgan fingerprint density at radius 2 is 1.57 bits per heavy atom. The van der Waals surface area contributed by atoms with Gasteiger partial charge in [-0.15, -0.1) is 0 Å². The number of non-ortho nitro benzene ring substituents is 1. The van der Waals surface area contributed by atoms with Crippen molar-refractivity contribution in [2.75, 3.05) is 5.32 Å². The lowest BCUT2D eigenvalue weighted by Crippen LogP contribution is -2.33. The average Bonchev–Trinajstić information content (AvgIpc) is 2.73. The number of ether oxygens (including phenoxy) is 1. The topological polar surface area (TPSA) is 81.5 Å². The summed E-state index contributed by atoms with van der Waals surface area (Å²) in [6, 6.07) is 24.4. The van der Waals surface area contributed by atoms with Gasteiger partial charge in [0.2, 0.25) is 0 Å². The van der Waals surface area contributed by atoms with Gasteiger partial charge in [-0.2, -0.15) is 0 Å².